The van der Waals surface area contributed by atoms with E-state index in [4.69, 9.17) is 0 Å². The maximum Gasteiger partial charge on any atom is 0.178 e. The fraction of sp³-hybridized carbons (Fsp3) is 0.565. The van der Waals surface area contributed by atoms with Crippen LogP contribution in [0.3, 0.4) is 0 Å². The molecule has 0 amide bonds. The monoisotopic (exact) mass is 474 g/mol. The molecule has 0 spiro atoms. The number of rotatable bonds is 11. The molecule has 0 bridgehead atoms. The van der Waals surface area contributed by atoms with E-state index in [1.165, 1.54) is 32.1 Å². The fourth-order valence-corrected chi connectivity index (χ4v) is 5.40. The van der Waals surface area contributed by atoms with Crippen molar-refractivity contribution in [2.45, 2.75) is 62.3 Å². The minimum atomic E-state index is -3.20. The third-order valence-corrected chi connectivity index (χ3v) is 7.48. The quantitative estimate of drug-likeness (QED) is 0.442. The van der Waals surface area contributed by atoms with Crippen LogP contribution in [0.15, 0.2) is 47.4 Å². The first-order chi connectivity index (χ1) is 13.6. The van der Waals surface area contributed by atoms with Gasteiger partial charge in [-0.25, -0.2) is 8.42 Å². The van der Waals surface area contributed by atoms with Gasteiger partial charge >= 0.3 is 0 Å². The number of fused-ring (bicyclic) bond motifs is 1. The lowest BCUT2D eigenvalue weighted by Gasteiger charge is -2.22. The molecule has 2 N–H and O–H groups in total. The predicted octanol–water partition coefficient (Wildman–Crippen LogP) is 5.14. The summed E-state index contributed by atoms with van der Waals surface area (Å²) in [5.41, 5.74) is 0. The molecule has 1 aliphatic rings. The van der Waals surface area contributed by atoms with Gasteiger partial charge in [-0.1, -0.05) is 56.0 Å². The molecule has 3 rings (SSSR count). The van der Waals surface area contributed by atoms with E-state index in [1.54, 1.807) is 12.1 Å². The third kappa shape index (κ3) is 8.72. The Labute approximate surface area is 194 Å². The lowest BCUT2D eigenvalue weighted by molar-refractivity contribution is 0.372. The van der Waals surface area contributed by atoms with Crippen LogP contribution < -0.4 is 10.6 Å². The van der Waals surface area contributed by atoms with Crippen LogP contribution in [0.1, 0.15) is 51.4 Å². The zero-order valence-corrected chi connectivity index (χ0v) is 20.1. The van der Waals surface area contributed by atoms with Crippen molar-refractivity contribution >= 4 is 45.4 Å². The summed E-state index contributed by atoms with van der Waals surface area (Å²) in [5, 5.41) is 9.15. The summed E-state index contributed by atoms with van der Waals surface area (Å²) < 4.78 is 25.2. The van der Waals surface area contributed by atoms with E-state index in [-0.39, 0.29) is 30.6 Å². The number of nitrogens with one attached hydrogen (secondary N) is 2. The van der Waals surface area contributed by atoms with Crippen LogP contribution in [-0.4, -0.2) is 39.8 Å². The Balaban J connectivity index is 0.00000225. The molecule has 0 atom stereocenters. The lowest BCUT2D eigenvalue weighted by atomic mass is 9.95. The topological polar surface area (TPSA) is 58.2 Å². The molecular formula is C23H36Cl2N2O2S. The molecule has 1 aliphatic carbocycles. The van der Waals surface area contributed by atoms with Crippen LogP contribution in [-0.2, 0) is 9.84 Å². The highest BCUT2D eigenvalue weighted by Crippen LogP contribution is 2.20. The van der Waals surface area contributed by atoms with Crippen molar-refractivity contribution in [1.29, 1.82) is 0 Å². The second-order valence-electron chi connectivity index (χ2n) is 7.93. The largest absolute Gasteiger partial charge is 0.315 e. The third-order valence-electron chi connectivity index (χ3n) is 5.69. The van der Waals surface area contributed by atoms with Gasteiger partial charge in [-0.15, -0.1) is 24.8 Å². The highest BCUT2D eigenvalue weighted by Gasteiger charge is 2.14. The molecule has 0 saturated heterocycles. The standard InChI is InChI=1S/C23H34N2O2S.2ClH/c26-28(27,23-14-13-20-9-5-6-10-21(20)19-23)18-8-2-7-15-24-16-17-25-22-11-3-1-4-12-22;;/h5-6,9-10,13-14,19,22,24-25H,1-4,7-8,11-12,15-18H2;2*1H. The zero-order valence-electron chi connectivity index (χ0n) is 17.6. The van der Waals surface area contributed by atoms with Crippen molar-refractivity contribution < 1.29 is 8.42 Å². The first-order valence-electron chi connectivity index (χ1n) is 10.8. The molecule has 0 aromatic heterocycles. The average molecular weight is 476 g/mol. The molecule has 30 heavy (non-hydrogen) atoms. The van der Waals surface area contributed by atoms with E-state index >= 15 is 0 Å². The van der Waals surface area contributed by atoms with Crippen molar-refractivity contribution in [3.63, 3.8) is 0 Å². The molecule has 1 saturated carbocycles. The number of benzene rings is 2. The summed E-state index contributed by atoms with van der Waals surface area (Å²) in [5.74, 6) is 0.231. The normalized spacial score (nSPS) is 14.8. The van der Waals surface area contributed by atoms with Crippen molar-refractivity contribution in [2.75, 3.05) is 25.4 Å². The van der Waals surface area contributed by atoms with Crippen LogP contribution in [0.5, 0.6) is 0 Å². The summed E-state index contributed by atoms with van der Waals surface area (Å²) in [7, 11) is -3.20. The lowest BCUT2D eigenvalue weighted by Crippen LogP contribution is -2.36. The van der Waals surface area contributed by atoms with Gasteiger partial charge in [-0.05, 0) is 55.1 Å². The first-order valence-corrected chi connectivity index (χ1v) is 12.5. The van der Waals surface area contributed by atoms with E-state index in [1.807, 2.05) is 30.3 Å². The summed E-state index contributed by atoms with van der Waals surface area (Å²) in [6.07, 6.45) is 9.47. The van der Waals surface area contributed by atoms with E-state index < -0.39 is 9.84 Å². The highest BCUT2D eigenvalue weighted by molar-refractivity contribution is 7.91. The molecule has 7 heteroatoms. The van der Waals surface area contributed by atoms with Gasteiger partial charge in [0.1, 0.15) is 0 Å². The Kier molecular flexibility index (Phi) is 12.9. The maximum atomic E-state index is 12.6. The minimum absolute atomic E-state index is 0. The van der Waals surface area contributed by atoms with E-state index in [2.05, 4.69) is 10.6 Å². The molecule has 2 aromatic carbocycles. The minimum Gasteiger partial charge on any atom is -0.315 e. The van der Waals surface area contributed by atoms with Gasteiger partial charge in [0.05, 0.1) is 10.6 Å². The number of halogens is 2. The predicted molar refractivity (Wildman–Crippen MR) is 132 cm³/mol. The molecule has 0 radical (unpaired) electrons. The summed E-state index contributed by atoms with van der Waals surface area (Å²) in [4.78, 5) is 0.443. The van der Waals surface area contributed by atoms with Gasteiger partial charge in [-0.2, -0.15) is 0 Å². The zero-order chi connectivity index (χ0) is 19.7. The summed E-state index contributed by atoms with van der Waals surface area (Å²) >= 11 is 0. The van der Waals surface area contributed by atoms with Gasteiger partial charge in [0.15, 0.2) is 9.84 Å². The smallest absolute Gasteiger partial charge is 0.178 e. The number of unbranched alkanes of at least 4 members (excludes halogenated alkanes) is 2. The highest BCUT2D eigenvalue weighted by atomic mass is 35.5. The molecule has 4 nitrogen and oxygen atoms in total. The Morgan fingerprint density at radius 1 is 0.800 bits per heavy atom. The Hall–Kier alpha value is -0.850. The van der Waals surface area contributed by atoms with Gasteiger partial charge in [0.2, 0.25) is 0 Å². The molecule has 0 heterocycles. The number of sulfone groups is 1. The van der Waals surface area contributed by atoms with Crippen LogP contribution in [0.25, 0.3) is 10.8 Å². The molecule has 2 aromatic rings. The number of hydrogen-bond acceptors (Lipinski definition) is 4. The Morgan fingerprint density at radius 3 is 2.30 bits per heavy atom. The molecular weight excluding hydrogens is 439 g/mol. The number of hydrogen-bond donors (Lipinski definition) is 2. The van der Waals surface area contributed by atoms with Crippen LogP contribution in [0.4, 0.5) is 0 Å². The van der Waals surface area contributed by atoms with Crippen molar-refractivity contribution in [1.82, 2.24) is 10.6 Å². The van der Waals surface area contributed by atoms with Crippen LogP contribution in [0, 0.1) is 0 Å². The Bertz CT molecular complexity index is 840. The van der Waals surface area contributed by atoms with Gasteiger partial charge in [0.25, 0.3) is 0 Å². The van der Waals surface area contributed by atoms with E-state index in [0.717, 1.165) is 55.7 Å². The second-order valence-corrected chi connectivity index (χ2v) is 10.0. The van der Waals surface area contributed by atoms with Crippen LogP contribution >= 0.6 is 24.8 Å². The van der Waals surface area contributed by atoms with Gasteiger partial charge < -0.3 is 10.6 Å². The Morgan fingerprint density at radius 2 is 1.53 bits per heavy atom. The van der Waals surface area contributed by atoms with E-state index in [9.17, 15) is 8.42 Å². The maximum absolute atomic E-state index is 12.6. The van der Waals surface area contributed by atoms with E-state index in [0.29, 0.717) is 4.90 Å². The molecule has 170 valence electrons. The average Bonchev–Trinajstić information content (AvgIpc) is 2.73. The van der Waals surface area contributed by atoms with Crippen molar-refractivity contribution in [3.05, 3.63) is 42.5 Å². The summed E-state index contributed by atoms with van der Waals surface area (Å²) in [6.45, 7) is 2.98. The van der Waals surface area contributed by atoms with Crippen LogP contribution in [0.2, 0.25) is 0 Å². The van der Waals surface area contributed by atoms with Gasteiger partial charge in [0, 0.05) is 19.1 Å². The van der Waals surface area contributed by atoms with Crippen molar-refractivity contribution in [3.8, 4) is 0 Å². The fourth-order valence-electron chi connectivity index (χ4n) is 3.99. The molecule has 0 unspecified atom stereocenters. The first kappa shape index (κ1) is 27.2. The molecule has 0 aliphatic heterocycles. The molecule has 1 fully saturated rings. The SMILES string of the molecule is Cl.Cl.O=S(=O)(CCCCCNCCNC1CCCCC1)c1ccc2ccccc2c1. The summed E-state index contributed by atoms with van der Waals surface area (Å²) in [6, 6.07) is 14.0. The van der Waals surface area contributed by atoms with Crippen molar-refractivity contribution in [2.24, 2.45) is 0 Å². The second kappa shape index (κ2) is 14.3. The van der Waals surface area contributed by atoms with Gasteiger partial charge in [-0.3, -0.25) is 0 Å².